The summed E-state index contributed by atoms with van der Waals surface area (Å²) >= 11 is 0. The van der Waals surface area contributed by atoms with Gasteiger partial charge in [0.1, 0.15) is 0 Å². The molecule has 16 heavy (non-hydrogen) atoms. The highest BCUT2D eigenvalue weighted by atomic mass is 16.1. The van der Waals surface area contributed by atoms with Crippen molar-refractivity contribution >= 4 is 5.78 Å². The van der Waals surface area contributed by atoms with E-state index in [1.54, 1.807) is 0 Å². The first-order valence-electron chi connectivity index (χ1n) is 5.65. The molecule has 1 heterocycles. The van der Waals surface area contributed by atoms with Crippen LogP contribution in [0.5, 0.6) is 0 Å². The monoisotopic (exact) mass is 218 g/mol. The van der Waals surface area contributed by atoms with E-state index in [9.17, 15) is 4.79 Å². The van der Waals surface area contributed by atoms with Crippen molar-refractivity contribution in [2.45, 2.75) is 40.2 Å². The number of ketones is 1. The number of nitrogens with zero attached hydrogens (tertiary/aromatic N) is 2. The van der Waals surface area contributed by atoms with E-state index in [2.05, 4.69) is 25.5 Å². The van der Waals surface area contributed by atoms with E-state index in [1.807, 2.05) is 17.7 Å². The molecule has 1 aliphatic carbocycles. The number of Topliss-reactive ketones (excluding diaryl/α,β-unsaturated/α-hetero) is 1. The number of aromatic nitrogens is 2. The second-order valence-corrected chi connectivity index (χ2v) is 5.32. The van der Waals surface area contributed by atoms with Gasteiger partial charge in [-0.3, -0.25) is 9.48 Å². The number of hydrogen-bond acceptors (Lipinski definition) is 2. The molecule has 2 rings (SSSR count). The van der Waals surface area contributed by atoms with Crippen LogP contribution in [0.3, 0.4) is 0 Å². The van der Waals surface area contributed by atoms with Gasteiger partial charge in [-0.15, -0.1) is 6.58 Å². The lowest BCUT2D eigenvalue weighted by atomic mass is 9.75. The van der Waals surface area contributed by atoms with Gasteiger partial charge in [-0.25, -0.2) is 0 Å². The molecule has 1 aromatic heterocycles. The molecule has 0 radical (unpaired) electrons. The number of hydrogen-bond donors (Lipinski definition) is 0. The van der Waals surface area contributed by atoms with E-state index < -0.39 is 0 Å². The number of aryl methyl sites for hydroxylation is 1. The van der Waals surface area contributed by atoms with E-state index >= 15 is 0 Å². The van der Waals surface area contributed by atoms with Crippen LogP contribution >= 0.6 is 0 Å². The maximum absolute atomic E-state index is 12.1. The minimum absolute atomic E-state index is 0.0511. The molecule has 0 spiro atoms. The fourth-order valence-electron chi connectivity index (χ4n) is 2.48. The van der Waals surface area contributed by atoms with Gasteiger partial charge >= 0.3 is 0 Å². The molecule has 1 aliphatic rings. The Morgan fingerprint density at radius 1 is 1.50 bits per heavy atom. The van der Waals surface area contributed by atoms with Gasteiger partial charge in [-0.2, -0.15) is 5.10 Å². The molecule has 0 unspecified atom stereocenters. The standard InChI is InChI=1S/C13H18N2O/c1-5-6-15-10-7-13(3,4)8-11(16)12(10)9(2)14-15/h5H,1,6-8H2,2-4H3. The molecule has 1 aromatic rings. The van der Waals surface area contributed by atoms with Crippen molar-refractivity contribution in [3.05, 3.63) is 29.6 Å². The van der Waals surface area contributed by atoms with Gasteiger partial charge in [0.25, 0.3) is 0 Å². The molecule has 0 amide bonds. The predicted octanol–water partition coefficient (Wildman–Crippen LogP) is 2.53. The average Bonchev–Trinajstić information content (AvgIpc) is 2.41. The van der Waals surface area contributed by atoms with E-state index in [0.717, 1.165) is 23.4 Å². The summed E-state index contributed by atoms with van der Waals surface area (Å²) in [7, 11) is 0. The van der Waals surface area contributed by atoms with Gasteiger partial charge in [0, 0.05) is 6.42 Å². The lowest BCUT2D eigenvalue weighted by Gasteiger charge is -2.29. The largest absolute Gasteiger partial charge is 0.294 e. The summed E-state index contributed by atoms with van der Waals surface area (Å²) in [6.45, 7) is 10.6. The lowest BCUT2D eigenvalue weighted by Crippen LogP contribution is -2.28. The summed E-state index contributed by atoms with van der Waals surface area (Å²) in [6.07, 6.45) is 3.36. The molecule has 3 nitrogen and oxygen atoms in total. The summed E-state index contributed by atoms with van der Waals surface area (Å²) in [6, 6.07) is 0. The van der Waals surface area contributed by atoms with Crippen LogP contribution in [0.2, 0.25) is 0 Å². The zero-order valence-electron chi connectivity index (χ0n) is 10.2. The Labute approximate surface area is 96.2 Å². The Kier molecular flexibility index (Phi) is 2.49. The molecule has 0 atom stereocenters. The highest BCUT2D eigenvalue weighted by Gasteiger charge is 2.35. The van der Waals surface area contributed by atoms with Gasteiger partial charge in [-0.05, 0) is 18.8 Å². The van der Waals surface area contributed by atoms with E-state index in [-0.39, 0.29) is 11.2 Å². The Morgan fingerprint density at radius 2 is 2.19 bits per heavy atom. The predicted molar refractivity (Wildman–Crippen MR) is 63.6 cm³/mol. The van der Waals surface area contributed by atoms with E-state index in [4.69, 9.17) is 0 Å². The highest BCUT2D eigenvalue weighted by Crippen LogP contribution is 2.35. The molecule has 0 aliphatic heterocycles. The SMILES string of the molecule is C=CCn1nc(C)c2c1CC(C)(C)CC2=O. The summed E-state index contributed by atoms with van der Waals surface area (Å²) in [5.74, 6) is 0.235. The fourth-order valence-corrected chi connectivity index (χ4v) is 2.48. The molecule has 0 saturated carbocycles. The first kappa shape index (κ1) is 11.1. The second kappa shape index (κ2) is 3.58. The first-order valence-corrected chi connectivity index (χ1v) is 5.65. The van der Waals surface area contributed by atoms with Gasteiger partial charge in [0.15, 0.2) is 5.78 Å². The van der Waals surface area contributed by atoms with Crippen LogP contribution in [0.15, 0.2) is 12.7 Å². The Morgan fingerprint density at radius 3 is 2.81 bits per heavy atom. The van der Waals surface area contributed by atoms with Gasteiger partial charge < -0.3 is 0 Å². The van der Waals surface area contributed by atoms with Crippen molar-refractivity contribution in [1.82, 2.24) is 9.78 Å². The van der Waals surface area contributed by atoms with Gasteiger partial charge in [0.05, 0.1) is 23.5 Å². The summed E-state index contributed by atoms with van der Waals surface area (Å²) in [4.78, 5) is 12.1. The number of rotatable bonds is 2. The maximum Gasteiger partial charge on any atom is 0.167 e. The van der Waals surface area contributed by atoms with Crippen LogP contribution in [0.1, 0.15) is 42.0 Å². The lowest BCUT2D eigenvalue weighted by molar-refractivity contribution is 0.0909. The summed E-state index contributed by atoms with van der Waals surface area (Å²) in [5.41, 5.74) is 2.84. The van der Waals surface area contributed by atoms with Crippen molar-refractivity contribution in [3.63, 3.8) is 0 Å². The minimum Gasteiger partial charge on any atom is -0.294 e. The van der Waals surface area contributed by atoms with Crippen LogP contribution in [-0.2, 0) is 13.0 Å². The first-order chi connectivity index (χ1) is 7.44. The van der Waals surface area contributed by atoms with E-state index in [1.165, 1.54) is 0 Å². The topological polar surface area (TPSA) is 34.9 Å². The van der Waals surface area contributed by atoms with Crippen LogP contribution in [0.25, 0.3) is 0 Å². The second-order valence-electron chi connectivity index (χ2n) is 5.32. The highest BCUT2D eigenvalue weighted by molar-refractivity contribution is 5.99. The average molecular weight is 218 g/mol. The Hall–Kier alpha value is -1.38. The zero-order valence-corrected chi connectivity index (χ0v) is 10.2. The number of allylic oxidation sites excluding steroid dienone is 1. The van der Waals surface area contributed by atoms with Crippen LogP contribution < -0.4 is 0 Å². The quantitative estimate of drug-likeness (QED) is 0.715. The molecule has 0 fully saturated rings. The van der Waals surface area contributed by atoms with Crippen molar-refractivity contribution in [1.29, 1.82) is 0 Å². The van der Waals surface area contributed by atoms with Gasteiger partial charge in [0.2, 0.25) is 0 Å². The third kappa shape index (κ3) is 1.70. The summed E-state index contributed by atoms with van der Waals surface area (Å²) < 4.78 is 1.91. The fraction of sp³-hybridized carbons (Fsp3) is 0.538. The normalized spacial score (nSPS) is 18.3. The van der Waals surface area contributed by atoms with Crippen molar-refractivity contribution in [3.8, 4) is 0 Å². The molecular weight excluding hydrogens is 200 g/mol. The molecule has 86 valence electrons. The molecule has 0 saturated heterocycles. The van der Waals surface area contributed by atoms with Crippen molar-refractivity contribution in [2.75, 3.05) is 0 Å². The number of fused-ring (bicyclic) bond motifs is 1. The van der Waals surface area contributed by atoms with Crippen LogP contribution in [-0.4, -0.2) is 15.6 Å². The van der Waals surface area contributed by atoms with Gasteiger partial charge in [-0.1, -0.05) is 19.9 Å². The molecule has 0 aromatic carbocycles. The molecule has 0 N–H and O–H groups in total. The van der Waals surface area contributed by atoms with Crippen LogP contribution in [0.4, 0.5) is 0 Å². The Balaban J connectivity index is 2.53. The molecule has 3 heteroatoms. The van der Waals surface area contributed by atoms with Crippen molar-refractivity contribution < 1.29 is 4.79 Å². The molecule has 0 bridgehead atoms. The number of carbonyl (C=O) groups excluding carboxylic acids is 1. The van der Waals surface area contributed by atoms with Crippen molar-refractivity contribution in [2.24, 2.45) is 5.41 Å². The smallest absolute Gasteiger partial charge is 0.167 e. The van der Waals surface area contributed by atoms with Crippen LogP contribution in [0, 0.1) is 12.3 Å². The third-order valence-electron chi connectivity index (χ3n) is 3.10. The maximum atomic E-state index is 12.1. The molecular formula is C13H18N2O. The minimum atomic E-state index is 0.0511. The zero-order chi connectivity index (χ0) is 11.9. The third-order valence-corrected chi connectivity index (χ3v) is 3.10. The van der Waals surface area contributed by atoms with E-state index in [0.29, 0.717) is 13.0 Å². The Bertz CT molecular complexity index is 455. The number of carbonyl (C=O) groups is 1. The summed E-state index contributed by atoms with van der Waals surface area (Å²) in [5, 5.41) is 4.42.